The highest BCUT2D eigenvalue weighted by molar-refractivity contribution is 5.71. The molecule has 1 unspecified atom stereocenters. The molecule has 0 saturated heterocycles. The van der Waals surface area contributed by atoms with Crippen LogP contribution in [0.4, 0.5) is 0 Å². The number of hydrogen-bond acceptors (Lipinski definition) is 7. The number of unbranched alkanes of at least 4 members (excludes halogenated alkanes) is 22. The van der Waals surface area contributed by atoms with Crippen molar-refractivity contribution >= 4 is 17.9 Å². The van der Waals surface area contributed by atoms with Gasteiger partial charge in [-0.05, 0) is 105 Å². The highest BCUT2D eigenvalue weighted by atomic mass is 16.6. The molecule has 56 heavy (non-hydrogen) atoms. The molecule has 0 aromatic heterocycles. The fraction of sp³-hybridized carbons (Fsp3) is 0.857. The average Bonchev–Trinajstić information content (AvgIpc) is 3.17. The van der Waals surface area contributed by atoms with Crippen LogP contribution in [-0.2, 0) is 28.6 Å². The first kappa shape index (κ1) is 53.9. The van der Waals surface area contributed by atoms with Crippen LogP contribution in [0.3, 0.4) is 0 Å². The van der Waals surface area contributed by atoms with Crippen LogP contribution in [0.2, 0.25) is 0 Å². The predicted octanol–water partition coefficient (Wildman–Crippen LogP) is 14.0. The van der Waals surface area contributed by atoms with Gasteiger partial charge in [-0.1, -0.05) is 141 Å². The molecule has 0 aliphatic carbocycles. The van der Waals surface area contributed by atoms with Gasteiger partial charge in [0.1, 0.15) is 13.2 Å². The molecule has 7 nitrogen and oxygen atoms in total. The molecule has 0 aliphatic rings. The summed E-state index contributed by atoms with van der Waals surface area (Å²) in [5, 5.41) is 0. The molecule has 328 valence electrons. The van der Waals surface area contributed by atoms with Gasteiger partial charge in [0.25, 0.3) is 0 Å². The van der Waals surface area contributed by atoms with E-state index in [1.54, 1.807) is 0 Å². The molecule has 0 N–H and O–H groups in total. The predicted molar refractivity (Wildman–Crippen MR) is 237 cm³/mol. The molecule has 0 spiro atoms. The molecule has 0 amide bonds. The Morgan fingerprint density at radius 3 is 1.12 bits per heavy atom. The third-order valence-corrected chi connectivity index (χ3v) is 10.6. The third-order valence-electron chi connectivity index (χ3n) is 10.6. The zero-order valence-corrected chi connectivity index (χ0v) is 37.8. The van der Waals surface area contributed by atoms with Gasteiger partial charge in [0, 0.05) is 31.3 Å². The molecule has 0 aromatic rings. The van der Waals surface area contributed by atoms with Gasteiger partial charge < -0.3 is 14.2 Å². The highest BCUT2D eigenvalue weighted by Gasteiger charge is 2.20. The van der Waals surface area contributed by atoms with Crippen LogP contribution in [0.15, 0.2) is 24.3 Å². The van der Waals surface area contributed by atoms with Crippen LogP contribution in [0.5, 0.6) is 0 Å². The van der Waals surface area contributed by atoms with Gasteiger partial charge in [-0.15, -0.1) is 0 Å². The molecule has 0 aliphatic heterocycles. The summed E-state index contributed by atoms with van der Waals surface area (Å²) in [7, 11) is 0. The maximum atomic E-state index is 12.8. The number of esters is 3. The summed E-state index contributed by atoms with van der Waals surface area (Å²) in [6.45, 7) is 13.8. The molecule has 0 aromatic carbocycles. The summed E-state index contributed by atoms with van der Waals surface area (Å²) in [5.74, 6) is -0.952. The lowest BCUT2D eigenvalue weighted by Gasteiger charge is -2.30. The smallest absolute Gasteiger partial charge is 0.306 e. The van der Waals surface area contributed by atoms with Crippen molar-refractivity contribution in [3.63, 3.8) is 0 Å². The van der Waals surface area contributed by atoms with Crippen LogP contribution in [0.25, 0.3) is 0 Å². The molecular weight excluding hydrogens is 699 g/mol. The van der Waals surface area contributed by atoms with Crippen molar-refractivity contribution in [3.8, 4) is 0 Å². The van der Waals surface area contributed by atoms with Crippen LogP contribution in [0.1, 0.15) is 234 Å². The maximum absolute atomic E-state index is 12.8. The second kappa shape index (κ2) is 41.0. The van der Waals surface area contributed by atoms with E-state index >= 15 is 0 Å². The second-order valence-corrected chi connectivity index (χ2v) is 16.7. The van der Waals surface area contributed by atoms with E-state index in [0.717, 1.165) is 64.3 Å². The van der Waals surface area contributed by atoms with Gasteiger partial charge in [-0.25, -0.2) is 0 Å². The number of carbonyl (C=O) groups excluding carboxylic acids is 3. The molecule has 0 radical (unpaired) electrons. The lowest BCUT2D eigenvalue weighted by molar-refractivity contribution is -0.167. The summed E-state index contributed by atoms with van der Waals surface area (Å²) in [6.07, 6.45) is 41.4. The molecule has 0 rings (SSSR count). The van der Waals surface area contributed by atoms with Gasteiger partial charge in [0.15, 0.2) is 6.10 Å². The summed E-state index contributed by atoms with van der Waals surface area (Å²) in [4.78, 5) is 40.3. The van der Waals surface area contributed by atoms with E-state index in [1.807, 2.05) is 0 Å². The third kappa shape index (κ3) is 37.4. The Morgan fingerprint density at radius 1 is 0.429 bits per heavy atom. The van der Waals surface area contributed by atoms with Crippen molar-refractivity contribution in [2.45, 2.75) is 252 Å². The van der Waals surface area contributed by atoms with Gasteiger partial charge >= 0.3 is 17.9 Å². The van der Waals surface area contributed by atoms with E-state index in [1.165, 1.54) is 109 Å². The van der Waals surface area contributed by atoms with Crippen molar-refractivity contribution in [1.82, 2.24) is 4.90 Å². The van der Waals surface area contributed by atoms with Crippen molar-refractivity contribution in [2.24, 2.45) is 0 Å². The molecule has 0 bridgehead atoms. The number of rotatable bonds is 41. The topological polar surface area (TPSA) is 82.1 Å². The molecule has 0 heterocycles. The first-order valence-corrected chi connectivity index (χ1v) is 23.8. The Hall–Kier alpha value is -2.15. The largest absolute Gasteiger partial charge is 0.462 e. The SMILES string of the molecule is CCCCCCCCC=CCCCCCCCC(=O)OCC(COC(=O)CCCN(C(C)C)C(C)C)OC(=O)CCCCCCCC=CCCCCCCCC. The fourth-order valence-corrected chi connectivity index (χ4v) is 7.08. The average molecular weight is 790 g/mol. The normalized spacial score (nSPS) is 12.4. The Balaban J connectivity index is 4.43. The van der Waals surface area contributed by atoms with Crippen LogP contribution < -0.4 is 0 Å². The molecule has 0 saturated carbocycles. The van der Waals surface area contributed by atoms with E-state index in [2.05, 4.69) is 70.7 Å². The minimum Gasteiger partial charge on any atom is -0.462 e. The summed E-state index contributed by atoms with van der Waals surface area (Å²) in [6, 6.07) is 0.802. The lowest BCUT2D eigenvalue weighted by atomic mass is 10.1. The Morgan fingerprint density at radius 2 is 0.750 bits per heavy atom. The van der Waals surface area contributed by atoms with E-state index in [0.29, 0.717) is 37.8 Å². The Bertz CT molecular complexity index is 952. The quantitative estimate of drug-likeness (QED) is 0.0264. The van der Waals surface area contributed by atoms with Crippen LogP contribution in [0, 0.1) is 0 Å². The fourth-order valence-electron chi connectivity index (χ4n) is 7.08. The van der Waals surface area contributed by atoms with Gasteiger partial charge in [-0.2, -0.15) is 0 Å². The van der Waals surface area contributed by atoms with Crippen molar-refractivity contribution in [2.75, 3.05) is 19.8 Å². The van der Waals surface area contributed by atoms with E-state index in [-0.39, 0.29) is 31.1 Å². The molecule has 1 atom stereocenters. The van der Waals surface area contributed by atoms with E-state index in [4.69, 9.17) is 14.2 Å². The zero-order chi connectivity index (χ0) is 41.3. The first-order valence-electron chi connectivity index (χ1n) is 23.8. The minimum atomic E-state index is -0.796. The number of allylic oxidation sites excluding steroid dienone is 4. The Labute approximate surface area is 346 Å². The Kier molecular flexibility index (Phi) is 39.5. The number of nitrogens with zero attached hydrogens (tertiary/aromatic N) is 1. The first-order chi connectivity index (χ1) is 27.2. The number of hydrogen-bond donors (Lipinski definition) is 0. The van der Waals surface area contributed by atoms with Crippen molar-refractivity contribution in [1.29, 1.82) is 0 Å². The molecule has 0 fully saturated rings. The summed E-state index contributed by atoms with van der Waals surface area (Å²) < 4.78 is 16.7. The monoisotopic (exact) mass is 790 g/mol. The van der Waals surface area contributed by atoms with E-state index < -0.39 is 6.10 Å². The minimum absolute atomic E-state index is 0.0935. The highest BCUT2D eigenvalue weighted by Crippen LogP contribution is 2.14. The summed E-state index contributed by atoms with van der Waals surface area (Å²) >= 11 is 0. The summed E-state index contributed by atoms with van der Waals surface area (Å²) in [5.41, 5.74) is 0. The standard InChI is InChI=1S/C49H91NO6/c1-7-9-11-13-15-17-19-21-23-25-27-29-31-33-35-38-47(51)54-42-46(43-55-48(52)40-37-41-50(44(3)4)45(5)6)56-49(53)39-36-34-32-30-28-26-24-22-20-18-16-14-12-10-8-2/h21-24,44-46H,7-20,25-43H2,1-6H3. The zero-order valence-electron chi connectivity index (χ0n) is 37.8. The van der Waals surface area contributed by atoms with Crippen LogP contribution >= 0.6 is 0 Å². The number of carbonyl (C=O) groups is 3. The van der Waals surface area contributed by atoms with Gasteiger partial charge in [-0.3, -0.25) is 19.3 Å². The molecular formula is C49H91NO6. The maximum Gasteiger partial charge on any atom is 0.306 e. The van der Waals surface area contributed by atoms with Crippen molar-refractivity contribution in [3.05, 3.63) is 24.3 Å². The van der Waals surface area contributed by atoms with Gasteiger partial charge in [0.2, 0.25) is 0 Å². The molecule has 7 heteroatoms. The lowest BCUT2D eigenvalue weighted by Crippen LogP contribution is -2.38. The van der Waals surface area contributed by atoms with E-state index in [9.17, 15) is 14.4 Å². The second-order valence-electron chi connectivity index (χ2n) is 16.7. The number of ether oxygens (including phenoxy) is 3. The van der Waals surface area contributed by atoms with Crippen LogP contribution in [-0.4, -0.2) is 60.8 Å². The van der Waals surface area contributed by atoms with Gasteiger partial charge in [0.05, 0.1) is 0 Å². The van der Waals surface area contributed by atoms with Crippen molar-refractivity contribution < 1.29 is 28.6 Å².